The van der Waals surface area contributed by atoms with E-state index in [-0.39, 0.29) is 5.56 Å². The molecule has 1 aromatic heterocycles. The number of aromatic carboxylic acids is 1. The van der Waals surface area contributed by atoms with Gasteiger partial charge in [0.2, 0.25) is 0 Å². The summed E-state index contributed by atoms with van der Waals surface area (Å²) in [4.78, 5) is 20.5. The number of carboxylic acid groups (broad SMARTS) is 1. The molecule has 0 bridgehead atoms. The summed E-state index contributed by atoms with van der Waals surface area (Å²) in [6.45, 7) is 0. The molecule has 0 radical (unpaired) electrons. The predicted molar refractivity (Wildman–Crippen MR) is 80.2 cm³/mol. The third kappa shape index (κ3) is 2.45. The highest BCUT2D eigenvalue weighted by atomic mass is 16.4. The third-order valence-electron chi connectivity index (χ3n) is 3.37. The standard InChI is InChI=1S/C16H15N3O2/c1-19(2)12-6-3-10(4-7-12)15-17-13-8-5-11(16(20)21)9-14(13)18-15/h3-9H,1-2H3,(H,17,18)(H,20,21)/p-1. The average Bonchev–Trinajstić information content (AvgIpc) is 2.90. The summed E-state index contributed by atoms with van der Waals surface area (Å²) in [5, 5.41) is 10.9. The Balaban J connectivity index is 2.02. The second-order valence-electron chi connectivity index (χ2n) is 5.05. The predicted octanol–water partition coefficient (Wildman–Crippen LogP) is 1.66. The minimum absolute atomic E-state index is 0.139. The number of imidazole rings is 1. The van der Waals surface area contributed by atoms with Crippen LogP contribution in [0, 0.1) is 0 Å². The number of carbonyl (C=O) groups is 1. The lowest BCUT2D eigenvalue weighted by Crippen LogP contribution is -2.21. The molecular formula is C16H14N3O2-. The number of hydrogen-bond acceptors (Lipinski definition) is 4. The highest BCUT2D eigenvalue weighted by molar-refractivity contribution is 5.91. The number of carboxylic acids is 1. The molecule has 0 amide bonds. The van der Waals surface area contributed by atoms with Crippen molar-refractivity contribution < 1.29 is 9.90 Å². The van der Waals surface area contributed by atoms with Crippen LogP contribution in [0.1, 0.15) is 10.4 Å². The first-order chi connectivity index (χ1) is 10.0. The van der Waals surface area contributed by atoms with Crippen LogP contribution in [0.3, 0.4) is 0 Å². The summed E-state index contributed by atoms with van der Waals surface area (Å²) >= 11 is 0. The Labute approximate surface area is 121 Å². The smallest absolute Gasteiger partial charge is 0.138 e. The van der Waals surface area contributed by atoms with Crippen LogP contribution in [-0.4, -0.2) is 30.0 Å². The lowest BCUT2D eigenvalue weighted by molar-refractivity contribution is -0.255. The molecule has 1 heterocycles. The van der Waals surface area contributed by atoms with Gasteiger partial charge in [-0.3, -0.25) is 0 Å². The second kappa shape index (κ2) is 4.94. The minimum atomic E-state index is -1.19. The van der Waals surface area contributed by atoms with Crippen LogP contribution in [0.15, 0.2) is 42.5 Å². The van der Waals surface area contributed by atoms with Crippen molar-refractivity contribution >= 4 is 22.7 Å². The SMILES string of the molecule is CN(C)c1ccc(-c2nc3ccc(C(=O)[O-])cc3[nH]2)cc1. The molecule has 5 nitrogen and oxygen atoms in total. The largest absolute Gasteiger partial charge is 0.545 e. The van der Waals surface area contributed by atoms with Gasteiger partial charge in [0.15, 0.2) is 0 Å². The fraction of sp³-hybridized carbons (Fsp3) is 0.125. The number of nitrogens with zero attached hydrogens (tertiary/aromatic N) is 2. The number of anilines is 1. The molecule has 0 aliphatic rings. The van der Waals surface area contributed by atoms with Gasteiger partial charge in [0, 0.05) is 25.3 Å². The Morgan fingerprint density at radius 1 is 1.14 bits per heavy atom. The maximum atomic E-state index is 10.9. The molecule has 3 aromatic rings. The molecule has 3 rings (SSSR count). The molecule has 106 valence electrons. The number of aromatic nitrogens is 2. The van der Waals surface area contributed by atoms with Gasteiger partial charge in [-0.15, -0.1) is 0 Å². The van der Waals surface area contributed by atoms with Gasteiger partial charge in [-0.05, 0) is 42.0 Å². The monoisotopic (exact) mass is 280 g/mol. The Kier molecular flexibility index (Phi) is 3.10. The van der Waals surface area contributed by atoms with E-state index in [9.17, 15) is 9.90 Å². The van der Waals surface area contributed by atoms with Crippen molar-refractivity contribution in [2.24, 2.45) is 0 Å². The molecule has 0 unspecified atom stereocenters. The zero-order valence-electron chi connectivity index (χ0n) is 11.8. The summed E-state index contributed by atoms with van der Waals surface area (Å²) in [6.07, 6.45) is 0. The topological polar surface area (TPSA) is 72.1 Å². The van der Waals surface area contributed by atoms with Crippen LogP contribution in [0.2, 0.25) is 0 Å². The van der Waals surface area contributed by atoms with Gasteiger partial charge in [0.1, 0.15) is 5.82 Å². The van der Waals surface area contributed by atoms with Crippen LogP contribution < -0.4 is 10.0 Å². The van der Waals surface area contributed by atoms with Crippen LogP contribution >= 0.6 is 0 Å². The van der Waals surface area contributed by atoms with Crippen LogP contribution in [0.5, 0.6) is 0 Å². The number of nitrogens with one attached hydrogen (secondary N) is 1. The quantitative estimate of drug-likeness (QED) is 0.792. The van der Waals surface area contributed by atoms with Crippen molar-refractivity contribution in [3.8, 4) is 11.4 Å². The van der Waals surface area contributed by atoms with Gasteiger partial charge in [-0.1, -0.05) is 6.07 Å². The Morgan fingerprint density at radius 2 is 1.86 bits per heavy atom. The lowest BCUT2D eigenvalue weighted by Gasteiger charge is -2.11. The van der Waals surface area contributed by atoms with Gasteiger partial charge in [0.05, 0.1) is 17.0 Å². The van der Waals surface area contributed by atoms with E-state index >= 15 is 0 Å². The lowest BCUT2D eigenvalue weighted by atomic mass is 10.2. The molecule has 5 heteroatoms. The zero-order chi connectivity index (χ0) is 15.0. The highest BCUT2D eigenvalue weighted by Crippen LogP contribution is 2.23. The Hall–Kier alpha value is -2.82. The van der Waals surface area contributed by atoms with E-state index in [1.807, 2.05) is 43.3 Å². The molecule has 0 spiro atoms. The first kappa shape index (κ1) is 13.2. The fourth-order valence-corrected chi connectivity index (χ4v) is 2.19. The number of rotatable bonds is 3. The molecule has 0 atom stereocenters. The summed E-state index contributed by atoms with van der Waals surface area (Å²) in [5.41, 5.74) is 3.61. The summed E-state index contributed by atoms with van der Waals surface area (Å²) < 4.78 is 0. The molecule has 1 N–H and O–H groups in total. The molecule has 2 aromatic carbocycles. The number of hydrogen-bond donors (Lipinski definition) is 1. The van der Waals surface area contributed by atoms with Gasteiger partial charge < -0.3 is 19.8 Å². The van der Waals surface area contributed by atoms with E-state index in [2.05, 4.69) is 9.97 Å². The van der Waals surface area contributed by atoms with E-state index in [1.165, 1.54) is 12.1 Å². The van der Waals surface area contributed by atoms with Gasteiger partial charge in [-0.25, -0.2) is 4.98 Å². The molecular weight excluding hydrogens is 266 g/mol. The Bertz CT molecular complexity index is 804. The van der Waals surface area contributed by atoms with Crippen molar-refractivity contribution in [3.63, 3.8) is 0 Å². The van der Waals surface area contributed by atoms with Gasteiger partial charge in [-0.2, -0.15) is 0 Å². The van der Waals surface area contributed by atoms with Crippen molar-refractivity contribution in [3.05, 3.63) is 48.0 Å². The molecule has 0 saturated carbocycles. The molecule has 0 fully saturated rings. The summed E-state index contributed by atoms with van der Waals surface area (Å²) in [6, 6.07) is 12.7. The maximum absolute atomic E-state index is 10.9. The van der Waals surface area contributed by atoms with E-state index in [4.69, 9.17) is 0 Å². The number of carbonyl (C=O) groups excluding carboxylic acids is 1. The van der Waals surface area contributed by atoms with Crippen LogP contribution in [-0.2, 0) is 0 Å². The Morgan fingerprint density at radius 3 is 2.48 bits per heavy atom. The van der Waals surface area contributed by atoms with Crippen molar-refractivity contribution in [1.29, 1.82) is 0 Å². The first-order valence-electron chi connectivity index (χ1n) is 6.53. The van der Waals surface area contributed by atoms with Crippen molar-refractivity contribution in [2.75, 3.05) is 19.0 Å². The molecule has 0 aliphatic heterocycles. The number of H-pyrrole nitrogens is 1. The number of aromatic amines is 1. The van der Waals surface area contributed by atoms with Gasteiger partial charge in [0.25, 0.3) is 0 Å². The first-order valence-corrected chi connectivity index (χ1v) is 6.53. The number of benzene rings is 2. The average molecular weight is 280 g/mol. The zero-order valence-corrected chi connectivity index (χ0v) is 11.8. The summed E-state index contributed by atoms with van der Waals surface area (Å²) in [7, 11) is 3.97. The van der Waals surface area contributed by atoms with E-state index in [0.717, 1.165) is 16.8 Å². The maximum Gasteiger partial charge on any atom is 0.138 e. The van der Waals surface area contributed by atoms with Crippen LogP contribution in [0.4, 0.5) is 5.69 Å². The minimum Gasteiger partial charge on any atom is -0.545 e. The van der Waals surface area contributed by atoms with E-state index < -0.39 is 5.97 Å². The van der Waals surface area contributed by atoms with E-state index in [1.54, 1.807) is 6.07 Å². The van der Waals surface area contributed by atoms with Crippen molar-refractivity contribution in [1.82, 2.24) is 9.97 Å². The number of fused-ring (bicyclic) bond motifs is 1. The third-order valence-corrected chi connectivity index (χ3v) is 3.37. The fourth-order valence-electron chi connectivity index (χ4n) is 2.19. The van der Waals surface area contributed by atoms with Gasteiger partial charge >= 0.3 is 0 Å². The molecule has 21 heavy (non-hydrogen) atoms. The van der Waals surface area contributed by atoms with E-state index in [0.29, 0.717) is 11.3 Å². The highest BCUT2D eigenvalue weighted by Gasteiger charge is 2.07. The van der Waals surface area contributed by atoms with Crippen LogP contribution in [0.25, 0.3) is 22.4 Å². The normalized spacial score (nSPS) is 10.8. The molecule has 0 aliphatic carbocycles. The van der Waals surface area contributed by atoms with Crippen molar-refractivity contribution in [2.45, 2.75) is 0 Å². The second-order valence-corrected chi connectivity index (χ2v) is 5.05. The summed E-state index contributed by atoms with van der Waals surface area (Å²) in [5.74, 6) is -0.478. The molecule has 0 saturated heterocycles.